The van der Waals surface area contributed by atoms with Gasteiger partial charge in [0, 0.05) is 16.0 Å². The summed E-state index contributed by atoms with van der Waals surface area (Å²) in [7, 11) is 0. The van der Waals surface area contributed by atoms with Crippen LogP contribution in [0, 0.1) is 17.1 Å². The Bertz CT molecular complexity index is 978. The number of hydrogen-bond acceptors (Lipinski definition) is 3. The smallest absolute Gasteiger partial charge is 0.255 e. The van der Waals surface area contributed by atoms with Crippen molar-refractivity contribution in [3.63, 3.8) is 0 Å². The summed E-state index contributed by atoms with van der Waals surface area (Å²) in [4.78, 5) is 5.36. The lowest BCUT2D eigenvalue weighted by atomic mass is 10.1. The Morgan fingerprint density at radius 3 is 2.35 bits per heavy atom. The average Bonchev–Trinajstić information content (AvgIpc) is 3.08. The van der Waals surface area contributed by atoms with E-state index in [2.05, 4.69) is 4.98 Å². The number of halogens is 4. The van der Waals surface area contributed by atoms with Gasteiger partial charge in [-0.05, 0) is 48.0 Å². The number of rotatable bonds is 3. The van der Waals surface area contributed by atoms with Gasteiger partial charge in [0.05, 0.1) is 16.8 Å². The fourth-order valence-electron chi connectivity index (χ4n) is 2.23. The van der Waals surface area contributed by atoms with Gasteiger partial charge in [-0.25, -0.2) is 4.39 Å². The molecule has 130 valence electrons. The molecule has 0 bridgehead atoms. The molecule has 0 aliphatic rings. The minimum absolute atomic E-state index is 0.159. The summed E-state index contributed by atoms with van der Waals surface area (Å²) in [6.45, 7) is 0. The van der Waals surface area contributed by atoms with E-state index < -0.39 is 11.7 Å². The van der Waals surface area contributed by atoms with Crippen LogP contribution < -0.4 is 0 Å². The molecule has 3 rings (SSSR count). The number of nitrogens with zero attached hydrogens (tertiary/aromatic N) is 2. The maximum atomic E-state index is 13.0. The molecule has 0 aliphatic carbocycles. The van der Waals surface area contributed by atoms with Crippen LogP contribution in [0.2, 0.25) is 0 Å². The van der Waals surface area contributed by atoms with E-state index in [1.54, 1.807) is 24.3 Å². The van der Waals surface area contributed by atoms with Gasteiger partial charge in [0.25, 0.3) is 0 Å². The van der Waals surface area contributed by atoms with Gasteiger partial charge < -0.3 is 0 Å². The minimum atomic E-state index is -4.47. The predicted octanol–water partition coefficient (Wildman–Crippen LogP) is 6.03. The van der Waals surface area contributed by atoms with Gasteiger partial charge in [0.2, 0.25) is 0 Å². The summed E-state index contributed by atoms with van der Waals surface area (Å²) in [5.41, 5.74) is 0.291. The third-order valence-corrected chi connectivity index (χ3v) is 4.61. The molecule has 0 spiro atoms. The zero-order valence-corrected chi connectivity index (χ0v) is 13.9. The van der Waals surface area contributed by atoms with Crippen molar-refractivity contribution in [2.24, 2.45) is 0 Å². The highest BCUT2D eigenvalue weighted by atomic mass is 32.1. The third kappa shape index (κ3) is 3.98. The quantitative estimate of drug-likeness (QED) is 0.414. The number of aromatic nitrogens is 1. The van der Waals surface area contributed by atoms with Gasteiger partial charge in [0.15, 0.2) is 0 Å². The molecule has 7 heteroatoms. The first kappa shape index (κ1) is 17.8. The lowest BCUT2D eigenvalue weighted by molar-refractivity contribution is -0.137. The van der Waals surface area contributed by atoms with Crippen LogP contribution in [-0.4, -0.2) is 4.98 Å². The molecule has 0 aliphatic heterocycles. The zero-order valence-electron chi connectivity index (χ0n) is 13.1. The molecule has 2 aromatic heterocycles. The lowest BCUT2D eigenvalue weighted by Gasteiger charge is -2.06. The van der Waals surface area contributed by atoms with Crippen LogP contribution in [0.1, 0.15) is 16.1 Å². The molecule has 26 heavy (non-hydrogen) atoms. The molecule has 0 unspecified atom stereocenters. The monoisotopic (exact) mass is 374 g/mol. The molecule has 0 N–H and O–H groups in total. The van der Waals surface area contributed by atoms with Crippen LogP contribution >= 0.6 is 11.3 Å². The Labute approximate surface area is 150 Å². The molecule has 3 aromatic rings. The fraction of sp³-hybridized carbons (Fsp3) is 0.0526. The first-order valence-electron chi connectivity index (χ1n) is 7.38. The second kappa shape index (κ2) is 7.10. The predicted molar refractivity (Wildman–Crippen MR) is 92.4 cm³/mol. The summed E-state index contributed by atoms with van der Waals surface area (Å²) in [6.07, 6.45) is -2.20. The number of benzene rings is 1. The van der Waals surface area contributed by atoms with Crippen LogP contribution in [0.4, 0.5) is 17.6 Å². The van der Waals surface area contributed by atoms with Gasteiger partial charge in [0.1, 0.15) is 11.9 Å². The molecule has 0 fully saturated rings. The normalized spacial score (nSPS) is 12.0. The van der Waals surface area contributed by atoms with E-state index in [-0.39, 0.29) is 17.1 Å². The van der Waals surface area contributed by atoms with Crippen molar-refractivity contribution in [2.75, 3.05) is 0 Å². The van der Waals surface area contributed by atoms with E-state index >= 15 is 0 Å². The molecule has 0 saturated heterocycles. The summed E-state index contributed by atoms with van der Waals surface area (Å²) in [6, 6.07) is 13.7. The number of nitriles is 1. The van der Waals surface area contributed by atoms with Crippen LogP contribution in [0.15, 0.2) is 54.7 Å². The van der Waals surface area contributed by atoms with E-state index in [0.29, 0.717) is 6.20 Å². The topological polar surface area (TPSA) is 36.7 Å². The zero-order chi connectivity index (χ0) is 18.7. The fourth-order valence-corrected chi connectivity index (χ4v) is 3.18. The van der Waals surface area contributed by atoms with Crippen LogP contribution in [0.25, 0.3) is 22.1 Å². The Balaban J connectivity index is 1.88. The Kier molecular flexibility index (Phi) is 4.87. The van der Waals surface area contributed by atoms with Crippen LogP contribution in [0.3, 0.4) is 0 Å². The van der Waals surface area contributed by atoms with Crippen molar-refractivity contribution in [3.05, 3.63) is 76.7 Å². The van der Waals surface area contributed by atoms with Crippen LogP contribution in [0.5, 0.6) is 0 Å². The van der Waals surface area contributed by atoms with Gasteiger partial charge >= 0.3 is 6.18 Å². The van der Waals surface area contributed by atoms with Gasteiger partial charge in [-0.3, -0.25) is 4.98 Å². The molecule has 2 nitrogen and oxygen atoms in total. The van der Waals surface area contributed by atoms with E-state index in [1.165, 1.54) is 29.5 Å². The SMILES string of the molecule is N#C/C(=C\c1ccc(-c2ccc(F)cc2)s1)c1ccc(C(F)(F)F)cn1. The second-order valence-electron chi connectivity index (χ2n) is 5.31. The number of hydrogen-bond donors (Lipinski definition) is 0. The van der Waals surface area contributed by atoms with E-state index in [4.69, 9.17) is 0 Å². The molecule has 1 aromatic carbocycles. The van der Waals surface area contributed by atoms with Crippen LogP contribution in [-0.2, 0) is 6.18 Å². The average molecular weight is 374 g/mol. The Morgan fingerprint density at radius 1 is 1.04 bits per heavy atom. The number of pyridine rings is 1. The lowest BCUT2D eigenvalue weighted by Crippen LogP contribution is -2.05. The maximum Gasteiger partial charge on any atom is 0.417 e. The largest absolute Gasteiger partial charge is 0.417 e. The Hall–Kier alpha value is -2.98. The van der Waals surface area contributed by atoms with Crippen molar-refractivity contribution in [3.8, 4) is 16.5 Å². The molecular formula is C19H10F4N2S. The van der Waals surface area contributed by atoms with Gasteiger partial charge in [-0.15, -0.1) is 11.3 Å². The van der Waals surface area contributed by atoms with Gasteiger partial charge in [-0.1, -0.05) is 12.1 Å². The second-order valence-corrected chi connectivity index (χ2v) is 6.42. The summed E-state index contributed by atoms with van der Waals surface area (Å²) in [5, 5.41) is 9.31. The molecular weight excluding hydrogens is 364 g/mol. The minimum Gasteiger partial charge on any atom is -0.255 e. The van der Waals surface area contributed by atoms with E-state index in [1.807, 2.05) is 12.1 Å². The Morgan fingerprint density at radius 2 is 1.77 bits per heavy atom. The standard InChI is InChI=1S/C19H10F4N2S/c20-15-4-1-12(2-5-15)18-8-6-16(26-18)9-13(10-24)17-7-3-14(11-25-17)19(21,22)23/h1-9,11H/b13-9+. The van der Waals surface area contributed by atoms with E-state index in [0.717, 1.165) is 21.4 Å². The molecule has 0 saturated carbocycles. The first-order chi connectivity index (χ1) is 12.4. The highest BCUT2D eigenvalue weighted by Crippen LogP contribution is 2.32. The molecule has 0 atom stereocenters. The van der Waals surface area contributed by atoms with Crippen molar-refractivity contribution >= 4 is 23.0 Å². The molecule has 0 amide bonds. The summed E-state index contributed by atoms with van der Waals surface area (Å²) < 4.78 is 50.8. The number of alkyl halides is 3. The van der Waals surface area contributed by atoms with Crippen molar-refractivity contribution < 1.29 is 17.6 Å². The highest BCUT2D eigenvalue weighted by Gasteiger charge is 2.30. The summed E-state index contributed by atoms with van der Waals surface area (Å²) in [5.74, 6) is -0.328. The van der Waals surface area contributed by atoms with E-state index in [9.17, 15) is 22.8 Å². The number of thiophene rings is 1. The maximum absolute atomic E-state index is 13.0. The van der Waals surface area contributed by atoms with Crippen molar-refractivity contribution in [1.82, 2.24) is 4.98 Å². The third-order valence-electron chi connectivity index (χ3n) is 3.53. The number of allylic oxidation sites excluding steroid dienone is 1. The summed E-state index contributed by atoms with van der Waals surface area (Å²) >= 11 is 1.38. The van der Waals surface area contributed by atoms with Crippen molar-refractivity contribution in [2.45, 2.75) is 6.18 Å². The van der Waals surface area contributed by atoms with Crippen molar-refractivity contribution in [1.29, 1.82) is 5.26 Å². The van der Waals surface area contributed by atoms with Gasteiger partial charge in [-0.2, -0.15) is 18.4 Å². The first-order valence-corrected chi connectivity index (χ1v) is 8.19. The highest BCUT2D eigenvalue weighted by molar-refractivity contribution is 7.16. The molecule has 2 heterocycles. The molecule has 0 radical (unpaired) electrons.